The molecule has 0 bridgehead atoms. The number of amides is 1. The summed E-state index contributed by atoms with van der Waals surface area (Å²) in [6.45, 7) is 7.78. The van der Waals surface area contributed by atoms with E-state index in [4.69, 9.17) is 0 Å². The zero-order valence-corrected chi connectivity index (χ0v) is 14.8. The molecule has 1 saturated heterocycles. The summed E-state index contributed by atoms with van der Waals surface area (Å²) in [6.07, 6.45) is 8.53. The van der Waals surface area contributed by atoms with E-state index < -0.39 is 0 Å². The van der Waals surface area contributed by atoms with Crippen LogP contribution in [0.4, 0.5) is 0 Å². The minimum absolute atomic E-state index is 0.204. The SMILES string of the molecule is CC1CCC(NC(=O)CN2CCN(Cc3cccnc3)CC2)CC1. The summed E-state index contributed by atoms with van der Waals surface area (Å²) in [5.41, 5.74) is 1.26. The van der Waals surface area contributed by atoms with Gasteiger partial charge in [-0.15, -0.1) is 0 Å². The third-order valence-electron chi connectivity index (χ3n) is 5.34. The fourth-order valence-electron chi connectivity index (χ4n) is 3.74. The van der Waals surface area contributed by atoms with Crippen LogP contribution >= 0.6 is 0 Å². The molecule has 1 saturated carbocycles. The van der Waals surface area contributed by atoms with Crippen LogP contribution in [0, 0.1) is 5.92 Å². The Morgan fingerprint density at radius 1 is 1.17 bits per heavy atom. The third-order valence-corrected chi connectivity index (χ3v) is 5.34. The lowest BCUT2D eigenvalue weighted by atomic mass is 9.87. The molecule has 1 aromatic heterocycles. The molecule has 24 heavy (non-hydrogen) atoms. The average molecular weight is 330 g/mol. The van der Waals surface area contributed by atoms with Gasteiger partial charge < -0.3 is 5.32 Å². The van der Waals surface area contributed by atoms with Gasteiger partial charge >= 0.3 is 0 Å². The highest BCUT2D eigenvalue weighted by Crippen LogP contribution is 2.23. The normalized spacial score (nSPS) is 26.2. The van der Waals surface area contributed by atoms with Crippen molar-refractivity contribution in [2.24, 2.45) is 5.92 Å². The Labute approximate surface area is 145 Å². The predicted octanol–water partition coefficient (Wildman–Crippen LogP) is 1.89. The van der Waals surface area contributed by atoms with Crippen molar-refractivity contribution >= 4 is 5.91 Å². The second-order valence-corrected chi connectivity index (χ2v) is 7.44. The molecule has 2 aliphatic rings. The Morgan fingerprint density at radius 2 is 1.88 bits per heavy atom. The zero-order valence-electron chi connectivity index (χ0n) is 14.8. The predicted molar refractivity (Wildman–Crippen MR) is 95.5 cm³/mol. The largest absolute Gasteiger partial charge is 0.352 e. The van der Waals surface area contributed by atoms with Crippen molar-refractivity contribution in [1.29, 1.82) is 0 Å². The van der Waals surface area contributed by atoms with Gasteiger partial charge in [0.25, 0.3) is 0 Å². The van der Waals surface area contributed by atoms with Gasteiger partial charge in [-0.1, -0.05) is 13.0 Å². The Hall–Kier alpha value is -1.46. The molecule has 1 N–H and O–H groups in total. The summed E-state index contributed by atoms with van der Waals surface area (Å²) in [7, 11) is 0. The molecule has 2 fully saturated rings. The van der Waals surface area contributed by atoms with Crippen LogP contribution in [0.3, 0.4) is 0 Å². The molecule has 132 valence electrons. The fraction of sp³-hybridized carbons (Fsp3) is 0.684. The van der Waals surface area contributed by atoms with Gasteiger partial charge in [-0.2, -0.15) is 0 Å². The van der Waals surface area contributed by atoms with E-state index in [-0.39, 0.29) is 5.91 Å². The lowest BCUT2D eigenvalue weighted by Gasteiger charge is -2.35. The number of nitrogens with zero attached hydrogens (tertiary/aromatic N) is 3. The van der Waals surface area contributed by atoms with E-state index in [2.05, 4.69) is 33.1 Å². The minimum Gasteiger partial charge on any atom is -0.352 e. The second-order valence-electron chi connectivity index (χ2n) is 7.44. The Bertz CT molecular complexity index is 505. The topological polar surface area (TPSA) is 48.5 Å². The van der Waals surface area contributed by atoms with Gasteiger partial charge in [0, 0.05) is 51.2 Å². The van der Waals surface area contributed by atoms with Crippen LogP contribution in [0.15, 0.2) is 24.5 Å². The van der Waals surface area contributed by atoms with Crippen LogP contribution in [-0.4, -0.2) is 59.5 Å². The van der Waals surface area contributed by atoms with E-state index in [1.54, 1.807) is 0 Å². The van der Waals surface area contributed by atoms with Gasteiger partial charge in [0.15, 0.2) is 0 Å². The van der Waals surface area contributed by atoms with E-state index in [1.165, 1.54) is 18.4 Å². The van der Waals surface area contributed by atoms with E-state index in [0.29, 0.717) is 12.6 Å². The first-order valence-electron chi connectivity index (χ1n) is 9.32. The summed E-state index contributed by atoms with van der Waals surface area (Å²) in [5, 5.41) is 3.24. The molecular formula is C19H30N4O. The molecular weight excluding hydrogens is 300 g/mol. The van der Waals surface area contributed by atoms with Crippen molar-refractivity contribution < 1.29 is 4.79 Å². The molecule has 0 aromatic carbocycles. The number of aromatic nitrogens is 1. The average Bonchev–Trinajstić information content (AvgIpc) is 2.60. The number of carbonyl (C=O) groups is 1. The summed E-state index contributed by atoms with van der Waals surface area (Å²) in [4.78, 5) is 21.2. The highest BCUT2D eigenvalue weighted by Gasteiger charge is 2.22. The molecule has 2 heterocycles. The van der Waals surface area contributed by atoms with Crippen LogP contribution in [0.1, 0.15) is 38.2 Å². The van der Waals surface area contributed by atoms with E-state index >= 15 is 0 Å². The number of carbonyl (C=O) groups excluding carboxylic acids is 1. The summed E-state index contributed by atoms with van der Waals surface area (Å²) in [6, 6.07) is 4.51. The molecule has 0 unspecified atom stereocenters. The Morgan fingerprint density at radius 3 is 2.54 bits per heavy atom. The molecule has 0 atom stereocenters. The summed E-state index contributed by atoms with van der Waals surface area (Å²) >= 11 is 0. The van der Waals surface area contributed by atoms with Crippen molar-refractivity contribution in [2.45, 2.75) is 45.2 Å². The summed E-state index contributed by atoms with van der Waals surface area (Å²) in [5.74, 6) is 1.03. The smallest absolute Gasteiger partial charge is 0.234 e. The van der Waals surface area contributed by atoms with Gasteiger partial charge in [0.1, 0.15) is 0 Å². The molecule has 5 nitrogen and oxygen atoms in total. The number of piperazine rings is 1. The van der Waals surface area contributed by atoms with Gasteiger partial charge in [-0.3, -0.25) is 19.6 Å². The quantitative estimate of drug-likeness (QED) is 0.896. The maximum atomic E-state index is 12.3. The van der Waals surface area contributed by atoms with Crippen LogP contribution in [-0.2, 0) is 11.3 Å². The first-order valence-corrected chi connectivity index (χ1v) is 9.32. The lowest BCUT2D eigenvalue weighted by Crippen LogP contribution is -2.50. The van der Waals surface area contributed by atoms with Crippen molar-refractivity contribution in [3.05, 3.63) is 30.1 Å². The third kappa shape index (κ3) is 5.28. The first-order chi connectivity index (χ1) is 11.7. The molecule has 0 spiro atoms. The van der Waals surface area contributed by atoms with Crippen LogP contribution < -0.4 is 5.32 Å². The highest BCUT2D eigenvalue weighted by molar-refractivity contribution is 5.78. The van der Waals surface area contributed by atoms with Gasteiger partial charge in [-0.25, -0.2) is 0 Å². The van der Waals surface area contributed by atoms with Gasteiger partial charge in [-0.05, 0) is 43.2 Å². The molecule has 1 aliphatic heterocycles. The number of hydrogen-bond acceptors (Lipinski definition) is 4. The molecule has 1 aliphatic carbocycles. The van der Waals surface area contributed by atoms with E-state index in [9.17, 15) is 4.79 Å². The highest BCUT2D eigenvalue weighted by atomic mass is 16.2. The number of nitrogens with one attached hydrogen (secondary N) is 1. The minimum atomic E-state index is 0.204. The van der Waals surface area contributed by atoms with Crippen molar-refractivity contribution in [3.8, 4) is 0 Å². The van der Waals surface area contributed by atoms with Gasteiger partial charge in [0.2, 0.25) is 5.91 Å². The summed E-state index contributed by atoms with van der Waals surface area (Å²) < 4.78 is 0. The molecule has 1 amide bonds. The number of pyridine rings is 1. The molecule has 3 rings (SSSR count). The Balaban J connectivity index is 1.35. The van der Waals surface area contributed by atoms with Crippen LogP contribution in [0.25, 0.3) is 0 Å². The molecule has 5 heteroatoms. The maximum Gasteiger partial charge on any atom is 0.234 e. The molecule has 1 aromatic rings. The van der Waals surface area contributed by atoms with Crippen molar-refractivity contribution in [3.63, 3.8) is 0 Å². The monoisotopic (exact) mass is 330 g/mol. The van der Waals surface area contributed by atoms with Crippen molar-refractivity contribution in [1.82, 2.24) is 20.1 Å². The first kappa shape index (κ1) is 17.4. The Kier molecular flexibility index (Phi) is 6.21. The van der Waals surface area contributed by atoms with E-state index in [1.807, 2.05) is 18.5 Å². The zero-order chi connectivity index (χ0) is 16.8. The maximum absolute atomic E-state index is 12.3. The second kappa shape index (κ2) is 8.58. The van der Waals surface area contributed by atoms with Crippen molar-refractivity contribution in [2.75, 3.05) is 32.7 Å². The fourth-order valence-corrected chi connectivity index (χ4v) is 3.74. The molecule has 0 radical (unpaired) electrons. The number of hydrogen-bond donors (Lipinski definition) is 1. The standard InChI is InChI=1S/C19H30N4O/c1-16-4-6-18(7-5-16)21-19(24)15-23-11-9-22(10-12-23)14-17-3-2-8-20-13-17/h2-3,8,13,16,18H,4-7,9-12,14-15H2,1H3,(H,21,24). The van der Waals surface area contributed by atoms with Crippen LogP contribution in [0.5, 0.6) is 0 Å². The lowest BCUT2D eigenvalue weighted by molar-refractivity contribution is -0.123. The number of rotatable bonds is 5. The van der Waals surface area contributed by atoms with E-state index in [0.717, 1.165) is 51.5 Å². The van der Waals surface area contributed by atoms with Gasteiger partial charge in [0.05, 0.1) is 6.54 Å². The van der Waals surface area contributed by atoms with Crippen LogP contribution in [0.2, 0.25) is 0 Å².